The van der Waals surface area contributed by atoms with Crippen molar-refractivity contribution in [1.82, 2.24) is 0 Å². The molecule has 1 saturated heterocycles. The number of aryl methyl sites for hydroxylation is 1. The SMILES string of the molecule is CCOc1ccc(Cc2cc([C@@H]3SC(CC)[C@@H](O)[C@@H](O)C3O)c(OC)cc2C)cc1. The molecule has 0 aromatic heterocycles. The summed E-state index contributed by atoms with van der Waals surface area (Å²) >= 11 is 1.51. The molecule has 6 heteroatoms. The van der Waals surface area contributed by atoms with E-state index in [1.54, 1.807) is 7.11 Å². The number of aliphatic hydroxyl groups is 3. The molecule has 3 rings (SSSR count). The van der Waals surface area contributed by atoms with Crippen LogP contribution in [0.4, 0.5) is 0 Å². The molecule has 1 heterocycles. The molecule has 2 aromatic rings. The van der Waals surface area contributed by atoms with E-state index in [1.165, 1.54) is 11.8 Å². The highest BCUT2D eigenvalue weighted by molar-refractivity contribution is 8.00. The predicted octanol–water partition coefficient (Wildman–Crippen LogP) is 3.64. The molecule has 0 spiro atoms. The first-order chi connectivity index (χ1) is 14.4. The van der Waals surface area contributed by atoms with Gasteiger partial charge < -0.3 is 24.8 Å². The molecule has 0 aliphatic carbocycles. The second-order valence-corrected chi connectivity index (χ2v) is 9.14. The van der Waals surface area contributed by atoms with E-state index in [1.807, 2.05) is 39.0 Å². The summed E-state index contributed by atoms with van der Waals surface area (Å²) in [6.07, 6.45) is -1.74. The number of ether oxygens (including phenoxy) is 2. The Morgan fingerprint density at radius 2 is 1.67 bits per heavy atom. The monoisotopic (exact) mass is 432 g/mol. The first-order valence-electron chi connectivity index (χ1n) is 10.5. The zero-order chi connectivity index (χ0) is 21.8. The normalized spacial score (nSPS) is 26.4. The van der Waals surface area contributed by atoms with Crippen LogP contribution in [0.1, 0.15) is 47.8 Å². The van der Waals surface area contributed by atoms with E-state index in [-0.39, 0.29) is 10.5 Å². The third-order valence-electron chi connectivity index (χ3n) is 5.74. The van der Waals surface area contributed by atoms with Crippen molar-refractivity contribution in [3.8, 4) is 11.5 Å². The molecule has 164 valence electrons. The van der Waals surface area contributed by atoms with Gasteiger partial charge in [-0.3, -0.25) is 0 Å². The van der Waals surface area contributed by atoms with Crippen molar-refractivity contribution in [3.05, 3.63) is 58.7 Å². The highest BCUT2D eigenvalue weighted by atomic mass is 32.2. The summed E-state index contributed by atoms with van der Waals surface area (Å²) in [6, 6.07) is 12.1. The largest absolute Gasteiger partial charge is 0.496 e. The van der Waals surface area contributed by atoms with Crippen LogP contribution in [0.2, 0.25) is 0 Å². The summed E-state index contributed by atoms with van der Waals surface area (Å²) in [6.45, 7) is 6.63. The zero-order valence-corrected chi connectivity index (χ0v) is 18.9. The number of thioether (sulfide) groups is 1. The number of hydrogen-bond acceptors (Lipinski definition) is 6. The summed E-state index contributed by atoms with van der Waals surface area (Å²) in [5.41, 5.74) is 4.26. The zero-order valence-electron chi connectivity index (χ0n) is 18.0. The number of aliphatic hydroxyl groups excluding tert-OH is 3. The number of benzene rings is 2. The Kier molecular flexibility index (Phi) is 7.69. The molecule has 0 radical (unpaired) electrons. The van der Waals surface area contributed by atoms with E-state index >= 15 is 0 Å². The lowest BCUT2D eigenvalue weighted by Crippen LogP contribution is -2.49. The average molecular weight is 433 g/mol. The van der Waals surface area contributed by atoms with E-state index in [4.69, 9.17) is 9.47 Å². The summed E-state index contributed by atoms with van der Waals surface area (Å²) < 4.78 is 11.1. The number of hydrogen-bond donors (Lipinski definition) is 3. The lowest BCUT2D eigenvalue weighted by molar-refractivity contribution is -0.0664. The maximum Gasteiger partial charge on any atom is 0.123 e. The van der Waals surface area contributed by atoms with Gasteiger partial charge in [-0.05, 0) is 61.6 Å². The van der Waals surface area contributed by atoms with Crippen LogP contribution >= 0.6 is 11.8 Å². The van der Waals surface area contributed by atoms with Crippen LogP contribution in [-0.4, -0.2) is 52.6 Å². The van der Waals surface area contributed by atoms with Gasteiger partial charge in [0.15, 0.2) is 0 Å². The Morgan fingerprint density at radius 3 is 2.27 bits per heavy atom. The van der Waals surface area contributed by atoms with E-state index in [2.05, 4.69) is 18.2 Å². The molecule has 1 aliphatic rings. The molecule has 0 saturated carbocycles. The predicted molar refractivity (Wildman–Crippen MR) is 121 cm³/mol. The average Bonchev–Trinajstić information content (AvgIpc) is 2.75. The minimum atomic E-state index is -1.18. The second kappa shape index (κ2) is 10.1. The molecule has 5 atom stereocenters. The Labute approximate surface area is 183 Å². The number of methoxy groups -OCH3 is 1. The van der Waals surface area contributed by atoms with Crippen molar-refractivity contribution >= 4 is 11.8 Å². The van der Waals surface area contributed by atoms with E-state index < -0.39 is 18.3 Å². The molecule has 5 nitrogen and oxygen atoms in total. The minimum Gasteiger partial charge on any atom is -0.496 e. The molecular formula is C24H32O5S. The van der Waals surface area contributed by atoms with Crippen molar-refractivity contribution in [2.24, 2.45) is 0 Å². The fourth-order valence-electron chi connectivity index (χ4n) is 3.97. The molecule has 0 amide bonds. The van der Waals surface area contributed by atoms with Crippen LogP contribution in [0, 0.1) is 6.92 Å². The van der Waals surface area contributed by atoms with E-state index in [0.29, 0.717) is 18.8 Å². The summed E-state index contributed by atoms with van der Waals surface area (Å²) in [4.78, 5) is 0. The highest BCUT2D eigenvalue weighted by Gasteiger charge is 2.44. The minimum absolute atomic E-state index is 0.144. The summed E-state index contributed by atoms with van der Waals surface area (Å²) in [7, 11) is 1.62. The van der Waals surface area contributed by atoms with E-state index in [0.717, 1.165) is 34.4 Å². The quantitative estimate of drug-likeness (QED) is 0.620. The molecule has 3 N–H and O–H groups in total. The Hall–Kier alpha value is -1.73. The molecule has 30 heavy (non-hydrogen) atoms. The van der Waals surface area contributed by atoms with Gasteiger partial charge in [0.2, 0.25) is 0 Å². The van der Waals surface area contributed by atoms with Gasteiger partial charge in [-0.15, -0.1) is 11.8 Å². The third kappa shape index (κ3) is 4.78. The summed E-state index contributed by atoms with van der Waals surface area (Å²) in [5.74, 6) is 1.55. The Morgan fingerprint density at radius 1 is 0.967 bits per heavy atom. The topological polar surface area (TPSA) is 79.2 Å². The van der Waals surface area contributed by atoms with Crippen LogP contribution in [0.25, 0.3) is 0 Å². The molecule has 2 unspecified atom stereocenters. The molecule has 1 aliphatic heterocycles. The molecule has 0 bridgehead atoms. The Bertz CT molecular complexity index is 836. The molecule has 1 fully saturated rings. The van der Waals surface area contributed by atoms with Crippen molar-refractivity contribution < 1.29 is 24.8 Å². The molecular weight excluding hydrogens is 400 g/mol. The van der Waals surface area contributed by atoms with Gasteiger partial charge in [-0.25, -0.2) is 0 Å². The van der Waals surface area contributed by atoms with E-state index in [9.17, 15) is 15.3 Å². The van der Waals surface area contributed by atoms with Gasteiger partial charge in [0.1, 0.15) is 17.6 Å². The standard InChI is InChI=1S/C24H32O5S/c1-5-20-21(25)22(26)23(27)24(30-20)18-13-16(14(3)11-19(18)28-4)12-15-7-9-17(10-8-15)29-6-2/h7-11,13,20-27H,5-6,12H2,1-4H3/t20?,21-,22-,23?,24+/m1/s1. The van der Waals surface area contributed by atoms with Gasteiger partial charge in [0.05, 0.1) is 31.2 Å². The van der Waals surface area contributed by atoms with Crippen molar-refractivity contribution in [1.29, 1.82) is 0 Å². The van der Waals surface area contributed by atoms with Crippen LogP contribution in [0.15, 0.2) is 36.4 Å². The van der Waals surface area contributed by atoms with Crippen LogP contribution < -0.4 is 9.47 Å². The summed E-state index contributed by atoms with van der Waals surface area (Å²) in [5, 5.41) is 30.9. The maximum atomic E-state index is 10.7. The van der Waals surface area contributed by atoms with Crippen LogP contribution in [-0.2, 0) is 6.42 Å². The first-order valence-corrected chi connectivity index (χ1v) is 11.4. The fraction of sp³-hybridized carbons (Fsp3) is 0.500. The fourth-order valence-corrected chi connectivity index (χ4v) is 5.51. The van der Waals surface area contributed by atoms with Crippen molar-refractivity contribution in [2.75, 3.05) is 13.7 Å². The lowest BCUT2D eigenvalue weighted by Gasteiger charge is -2.40. The third-order valence-corrected chi connectivity index (χ3v) is 7.53. The van der Waals surface area contributed by atoms with Gasteiger partial charge in [0, 0.05) is 10.8 Å². The van der Waals surface area contributed by atoms with Crippen molar-refractivity contribution in [2.45, 2.75) is 62.4 Å². The van der Waals surface area contributed by atoms with Crippen LogP contribution in [0.3, 0.4) is 0 Å². The Balaban J connectivity index is 1.93. The highest BCUT2D eigenvalue weighted by Crippen LogP contribution is 2.47. The number of rotatable bonds is 7. The van der Waals surface area contributed by atoms with Gasteiger partial charge in [-0.2, -0.15) is 0 Å². The lowest BCUT2D eigenvalue weighted by atomic mass is 9.92. The first kappa shape index (κ1) is 22.9. The maximum absolute atomic E-state index is 10.7. The second-order valence-electron chi connectivity index (χ2n) is 7.75. The van der Waals surface area contributed by atoms with Gasteiger partial charge >= 0.3 is 0 Å². The van der Waals surface area contributed by atoms with Crippen molar-refractivity contribution in [3.63, 3.8) is 0 Å². The smallest absolute Gasteiger partial charge is 0.123 e. The van der Waals surface area contributed by atoms with Crippen LogP contribution in [0.5, 0.6) is 11.5 Å². The van der Waals surface area contributed by atoms with Gasteiger partial charge in [0.25, 0.3) is 0 Å². The molecule has 2 aromatic carbocycles. The van der Waals surface area contributed by atoms with Gasteiger partial charge in [-0.1, -0.05) is 25.1 Å².